The zero-order valence-electron chi connectivity index (χ0n) is 18.5. The van der Waals surface area contributed by atoms with Crippen LogP contribution in [0, 0.1) is 12.3 Å². The molecule has 2 fully saturated rings. The van der Waals surface area contributed by atoms with Crippen LogP contribution in [0.4, 0.5) is 0 Å². The van der Waals surface area contributed by atoms with Crippen LogP contribution in [0.1, 0.15) is 49.8 Å². The lowest BCUT2D eigenvalue weighted by Gasteiger charge is -2.29. The van der Waals surface area contributed by atoms with E-state index in [1.54, 1.807) is 0 Å². The lowest BCUT2D eigenvalue weighted by Crippen LogP contribution is -2.43. The maximum atomic E-state index is 9.46. The lowest BCUT2D eigenvalue weighted by atomic mass is 9.84. The van der Waals surface area contributed by atoms with Gasteiger partial charge in [-0.05, 0) is 58.2 Å². The van der Waals surface area contributed by atoms with Crippen molar-refractivity contribution < 1.29 is 9.84 Å². The molecule has 0 spiro atoms. The second-order valence-corrected chi connectivity index (χ2v) is 8.52. The van der Waals surface area contributed by atoms with E-state index in [2.05, 4.69) is 53.6 Å². The van der Waals surface area contributed by atoms with Gasteiger partial charge in [0.15, 0.2) is 5.96 Å². The fourth-order valence-corrected chi connectivity index (χ4v) is 4.37. The standard InChI is InChI=1S/C23H38N4O2.HI/c1-3-24-22(26-17-23(10-14-28)11-15-29-18-23)25-16-21(27-12-4-5-13-27)20-8-6-19(2)7-9-20;/h6-9,21,28H,3-5,10-18H2,1-2H3,(H2,24,25,26);1H. The highest BCUT2D eigenvalue weighted by Crippen LogP contribution is 2.32. The summed E-state index contributed by atoms with van der Waals surface area (Å²) in [7, 11) is 0. The third-order valence-electron chi connectivity index (χ3n) is 6.25. The van der Waals surface area contributed by atoms with Crippen LogP contribution < -0.4 is 10.6 Å². The van der Waals surface area contributed by atoms with Crippen molar-refractivity contribution in [3.8, 4) is 0 Å². The highest BCUT2D eigenvalue weighted by Gasteiger charge is 2.34. The second-order valence-electron chi connectivity index (χ2n) is 8.52. The first-order chi connectivity index (χ1) is 14.2. The number of nitrogens with one attached hydrogen (secondary N) is 2. The molecule has 6 nitrogen and oxygen atoms in total. The Morgan fingerprint density at radius 2 is 1.97 bits per heavy atom. The van der Waals surface area contributed by atoms with Gasteiger partial charge in [-0.1, -0.05) is 29.8 Å². The molecule has 1 aromatic carbocycles. The Labute approximate surface area is 198 Å². The number of ether oxygens (including phenoxy) is 1. The summed E-state index contributed by atoms with van der Waals surface area (Å²) in [6.45, 7) is 10.5. The summed E-state index contributed by atoms with van der Waals surface area (Å²) in [5.74, 6) is 0.855. The summed E-state index contributed by atoms with van der Waals surface area (Å²) in [4.78, 5) is 7.46. The molecule has 2 unspecified atom stereocenters. The molecule has 0 amide bonds. The van der Waals surface area contributed by atoms with E-state index in [0.717, 1.165) is 51.6 Å². The van der Waals surface area contributed by atoms with E-state index in [4.69, 9.17) is 9.73 Å². The normalized spacial score (nSPS) is 23.2. The maximum absolute atomic E-state index is 9.46. The van der Waals surface area contributed by atoms with Crippen LogP contribution in [0.2, 0.25) is 0 Å². The summed E-state index contributed by atoms with van der Waals surface area (Å²) in [6, 6.07) is 9.28. The lowest BCUT2D eigenvalue weighted by molar-refractivity contribution is 0.131. The van der Waals surface area contributed by atoms with Crippen LogP contribution in [0.5, 0.6) is 0 Å². The number of hydrogen-bond acceptors (Lipinski definition) is 4. The Balaban J connectivity index is 0.00000320. The molecule has 0 bridgehead atoms. The van der Waals surface area contributed by atoms with Crippen molar-refractivity contribution in [2.24, 2.45) is 10.4 Å². The number of hydrogen-bond donors (Lipinski definition) is 3. The average molecular weight is 530 g/mol. The summed E-state index contributed by atoms with van der Waals surface area (Å²) in [5, 5.41) is 16.4. The van der Waals surface area contributed by atoms with Crippen molar-refractivity contribution in [2.45, 2.75) is 45.6 Å². The summed E-state index contributed by atoms with van der Waals surface area (Å²) in [6.07, 6.45) is 4.27. The predicted octanol–water partition coefficient (Wildman–Crippen LogP) is 3.09. The van der Waals surface area contributed by atoms with Crippen molar-refractivity contribution >= 4 is 29.9 Å². The zero-order valence-corrected chi connectivity index (χ0v) is 20.9. The Bertz CT molecular complexity index is 641. The minimum absolute atomic E-state index is 0. The minimum atomic E-state index is -0.0254. The summed E-state index contributed by atoms with van der Waals surface area (Å²) in [5.41, 5.74) is 2.63. The van der Waals surface area contributed by atoms with Crippen molar-refractivity contribution in [3.05, 3.63) is 35.4 Å². The van der Waals surface area contributed by atoms with Gasteiger partial charge in [0, 0.05) is 31.7 Å². The largest absolute Gasteiger partial charge is 0.396 e. The van der Waals surface area contributed by atoms with Crippen LogP contribution in [0.25, 0.3) is 0 Å². The molecule has 3 rings (SSSR count). The number of aliphatic hydroxyl groups excluding tert-OH is 1. The van der Waals surface area contributed by atoms with Gasteiger partial charge in [-0.3, -0.25) is 9.89 Å². The number of rotatable bonds is 9. The van der Waals surface area contributed by atoms with Crippen LogP contribution in [0.15, 0.2) is 29.3 Å². The van der Waals surface area contributed by atoms with Gasteiger partial charge in [0.25, 0.3) is 0 Å². The van der Waals surface area contributed by atoms with Gasteiger partial charge in [-0.25, -0.2) is 0 Å². The second kappa shape index (κ2) is 12.8. The quantitative estimate of drug-likeness (QED) is 0.260. The first kappa shape index (κ1) is 25.4. The Kier molecular flexibility index (Phi) is 10.8. The molecule has 2 atom stereocenters. The molecule has 1 aromatic rings. The highest BCUT2D eigenvalue weighted by molar-refractivity contribution is 14.0. The first-order valence-corrected chi connectivity index (χ1v) is 11.2. The number of guanidine groups is 1. The van der Waals surface area contributed by atoms with Gasteiger partial charge in [0.1, 0.15) is 0 Å². The molecular weight excluding hydrogens is 491 g/mol. The van der Waals surface area contributed by atoms with Gasteiger partial charge < -0.3 is 20.5 Å². The molecule has 0 saturated carbocycles. The van der Waals surface area contributed by atoms with E-state index in [0.29, 0.717) is 19.2 Å². The van der Waals surface area contributed by atoms with E-state index in [9.17, 15) is 5.11 Å². The molecule has 170 valence electrons. The molecule has 30 heavy (non-hydrogen) atoms. The van der Waals surface area contributed by atoms with Crippen LogP contribution in [-0.4, -0.2) is 68.5 Å². The molecule has 0 aromatic heterocycles. The third kappa shape index (κ3) is 7.07. The van der Waals surface area contributed by atoms with Crippen molar-refractivity contribution in [2.75, 3.05) is 52.5 Å². The molecule has 0 aliphatic carbocycles. The van der Waals surface area contributed by atoms with E-state index >= 15 is 0 Å². The molecule has 2 heterocycles. The number of benzene rings is 1. The van der Waals surface area contributed by atoms with Gasteiger partial charge >= 0.3 is 0 Å². The van der Waals surface area contributed by atoms with Crippen molar-refractivity contribution in [1.82, 2.24) is 15.5 Å². The summed E-state index contributed by atoms with van der Waals surface area (Å²) < 4.78 is 5.61. The Morgan fingerprint density at radius 1 is 1.23 bits per heavy atom. The van der Waals surface area contributed by atoms with E-state index in [-0.39, 0.29) is 36.0 Å². The molecular formula is C23H39IN4O2. The smallest absolute Gasteiger partial charge is 0.191 e. The first-order valence-electron chi connectivity index (χ1n) is 11.2. The number of likely N-dealkylation sites (tertiary alicyclic amines) is 1. The summed E-state index contributed by atoms with van der Waals surface area (Å²) >= 11 is 0. The molecule has 2 aliphatic heterocycles. The van der Waals surface area contributed by atoms with Gasteiger partial charge in [-0.2, -0.15) is 0 Å². The van der Waals surface area contributed by atoms with Gasteiger partial charge in [0.05, 0.1) is 19.2 Å². The molecule has 2 aliphatic rings. The SMILES string of the molecule is CCNC(=NCC1(CCO)CCOC1)NCC(c1ccc(C)cc1)N1CCCC1.I. The molecule has 2 saturated heterocycles. The van der Waals surface area contributed by atoms with Gasteiger partial charge in [0.2, 0.25) is 0 Å². The Hall–Kier alpha value is -0.900. The van der Waals surface area contributed by atoms with Crippen molar-refractivity contribution in [3.63, 3.8) is 0 Å². The molecule has 0 radical (unpaired) electrons. The number of halogens is 1. The fourth-order valence-electron chi connectivity index (χ4n) is 4.37. The number of aliphatic imine (C=N–C) groups is 1. The van der Waals surface area contributed by atoms with E-state index < -0.39 is 0 Å². The zero-order chi connectivity index (χ0) is 20.5. The number of aliphatic hydroxyl groups is 1. The van der Waals surface area contributed by atoms with Crippen LogP contribution in [-0.2, 0) is 4.74 Å². The molecule has 7 heteroatoms. The Morgan fingerprint density at radius 3 is 2.57 bits per heavy atom. The fraction of sp³-hybridized carbons (Fsp3) is 0.696. The van der Waals surface area contributed by atoms with Crippen LogP contribution in [0.3, 0.4) is 0 Å². The highest BCUT2D eigenvalue weighted by atomic mass is 127. The number of nitrogens with zero attached hydrogens (tertiary/aromatic N) is 2. The minimum Gasteiger partial charge on any atom is -0.396 e. The average Bonchev–Trinajstić information content (AvgIpc) is 3.41. The maximum Gasteiger partial charge on any atom is 0.191 e. The van der Waals surface area contributed by atoms with Crippen LogP contribution >= 0.6 is 24.0 Å². The number of aryl methyl sites for hydroxylation is 1. The monoisotopic (exact) mass is 530 g/mol. The predicted molar refractivity (Wildman–Crippen MR) is 134 cm³/mol. The topological polar surface area (TPSA) is 69.1 Å². The van der Waals surface area contributed by atoms with Gasteiger partial charge in [-0.15, -0.1) is 24.0 Å². The van der Waals surface area contributed by atoms with E-state index in [1.807, 2.05) is 0 Å². The van der Waals surface area contributed by atoms with E-state index in [1.165, 1.54) is 24.0 Å². The third-order valence-corrected chi connectivity index (χ3v) is 6.25. The molecule has 3 N–H and O–H groups in total. The van der Waals surface area contributed by atoms with Crippen molar-refractivity contribution in [1.29, 1.82) is 0 Å².